The molecule has 1 aliphatic heterocycles. The first-order chi connectivity index (χ1) is 18.5. The fourth-order valence-corrected chi connectivity index (χ4v) is 4.83. The molecular weight excluding hydrogens is 515 g/mol. The van der Waals surface area contributed by atoms with Gasteiger partial charge in [-0.3, -0.25) is 0 Å². The Labute approximate surface area is 234 Å². The number of hydrogen-bond donors (Lipinski definition) is 0. The Morgan fingerprint density at radius 1 is 1.05 bits per heavy atom. The fourth-order valence-electron chi connectivity index (χ4n) is 4.37. The zero-order valence-corrected chi connectivity index (χ0v) is 25.3. The van der Waals surface area contributed by atoms with Gasteiger partial charge in [0.2, 0.25) is 0 Å². The maximum atomic E-state index is 13.2. The average Bonchev–Trinajstić information content (AvgIpc) is 3.18. The quantitative estimate of drug-likeness (QED) is 0.214. The molecule has 1 radical (unpaired) electrons. The number of carbonyl (C=O) groups is 1. The summed E-state index contributed by atoms with van der Waals surface area (Å²) >= 11 is 0. The molecule has 3 rings (SSSR count). The first kappa shape index (κ1) is 31.2. The molecule has 1 fully saturated rings. The summed E-state index contributed by atoms with van der Waals surface area (Å²) in [6, 6.07) is 13.6. The number of carbonyl (C=O) groups excluding carboxylic acids is 1. The van der Waals surface area contributed by atoms with Gasteiger partial charge in [-0.1, -0.05) is 50.0 Å². The van der Waals surface area contributed by atoms with Crippen LogP contribution >= 0.6 is 0 Å². The molecule has 0 bridgehead atoms. The van der Waals surface area contributed by atoms with Crippen LogP contribution in [0.1, 0.15) is 48.2 Å². The molecule has 2 aromatic carbocycles. The molecule has 0 amide bonds. The predicted octanol–water partition coefficient (Wildman–Crippen LogP) is 5.35. The van der Waals surface area contributed by atoms with Crippen LogP contribution < -0.4 is 9.47 Å². The molecule has 213 valence electrons. The third kappa shape index (κ3) is 9.95. The minimum absolute atomic E-state index is 0.00236. The zero-order chi connectivity index (χ0) is 28.5. The Kier molecular flexibility index (Phi) is 11.4. The van der Waals surface area contributed by atoms with Crippen LogP contribution in [0.15, 0.2) is 42.5 Å². The SMILES string of the molecule is COCOc1cc(OC)cc(CCC[C@@H]2OC(C)(C)OC2COCc2ccccc2)c1C(=O)O[B][Si](C)(C)C. The normalized spacial score (nSPS) is 18.5. The molecule has 1 unspecified atom stereocenters. The molecular formula is C29H42BO8Si. The highest BCUT2D eigenvalue weighted by Gasteiger charge is 2.41. The van der Waals surface area contributed by atoms with E-state index < -0.39 is 19.7 Å². The molecule has 8 nitrogen and oxygen atoms in total. The first-order valence-corrected chi connectivity index (χ1v) is 16.9. The highest BCUT2D eigenvalue weighted by atomic mass is 28.3. The molecule has 0 aromatic heterocycles. The van der Waals surface area contributed by atoms with E-state index in [1.165, 1.54) is 7.11 Å². The van der Waals surface area contributed by atoms with Gasteiger partial charge in [0, 0.05) is 13.2 Å². The minimum atomic E-state index is -1.73. The van der Waals surface area contributed by atoms with E-state index in [0.717, 1.165) is 24.0 Å². The Morgan fingerprint density at radius 2 is 1.77 bits per heavy atom. The van der Waals surface area contributed by atoms with Crippen LogP contribution in [0.4, 0.5) is 0 Å². The van der Waals surface area contributed by atoms with Gasteiger partial charge in [-0.2, -0.15) is 0 Å². The Balaban J connectivity index is 1.70. The van der Waals surface area contributed by atoms with Crippen molar-refractivity contribution in [1.82, 2.24) is 0 Å². The van der Waals surface area contributed by atoms with Crippen molar-refractivity contribution in [2.24, 2.45) is 0 Å². The monoisotopic (exact) mass is 557 g/mol. The van der Waals surface area contributed by atoms with Crippen LogP contribution in [-0.2, 0) is 36.6 Å². The summed E-state index contributed by atoms with van der Waals surface area (Å²) < 4.78 is 40.3. The van der Waals surface area contributed by atoms with E-state index in [2.05, 4.69) is 19.6 Å². The van der Waals surface area contributed by atoms with E-state index in [1.54, 1.807) is 20.3 Å². The van der Waals surface area contributed by atoms with Crippen molar-refractivity contribution in [3.8, 4) is 11.5 Å². The van der Waals surface area contributed by atoms with Crippen LogP contribution in [0.2, 0.25) is 19.6 Å². The third-order valence-electron chi connectivity index (χ3n) is 6.06. The molecule has 10 heteroatoms. The molecule has 0 spiro atoms. The van der Waals surface area contributed by atoms with Gasteiger partial charge in [-0.05, 0) is 50.3 Å². The Bertz CT molecular complexity index is 1060. The maximum Gasteiger partial charge on any atom is 0.354 e. The van der Waals surface area contributed by atoms with Gasteiger partial charge < -0.3 is 33.1 Å². The van der Waals surface area contributed by atoms with Gasteiger partial charge >= 0.3 is 13.0 Å². The van der Waals surface area contributed by atoms with Crippen LogP contribution in [0.5, 0.6) is 11.5 Å². The Morgan fingerprint density at radius 3 is 2.44 bits per heavy atom. The van der Waals surface area contributed by atoms with E-state index >= 15 is 0 Å². The third-order valence-corrected chi connectivity index (χ3v) is 6.89. The molecule has 39 heavy (non-hydrogen) atoms. The van der Waals surface area contributed by atoms with Crippen molar-refractivity contribution in [3.63, 3.8) is 0 Å². The van der Waals surface area contributed by atoms with Crippen molar-refractivity contribution >= 4 is 21.0 Å². The molecule has 0 aliphatic carbocycles. The number of benzene rings is 2. The van der Waals surface area contributed by atoms with Gasteiger partial charge in [-0.15, -0.1) is 0 Å². The van der Waals surface area contributed by atoms with Crippen molar-refractivity contribution < 1.29 is 37.9 Å². The van der Waals surface area contributed by atoms with Crippen LogP contribution in [-0.4, -0.2) is 66.6 Å². The molecule has 0 saturated carbocycles. The highest BCUT2D eigenvalue weighted by molar-refractivity contribution is 7.21. The van der Waals surface area contributed by atoms with Crippen molar-refractivity contribution in [2.75, 3.05) is 27.6 Å². The van der Waals surface area contributed by atoms with E-state index in [4.69, 9.17) is 33.1 Å². The van der Waals surface area contributed by atoms with Gasteiger partial charge in [0.15, 0.2) is 12.6 Å². The van der Waals surface area contributed by atoms with Crippen LogP contribution in [0, 0.1) is 0 Å². The molecule has 1 aliphatic rings. The van der Waals surface area contributed by atoms with E-state index in [1.807, 2.05) is 50.2 Å². The zero-order valence-electron chi connectivity index (χ0n) is 24.3. The molecule has 0 N–H and O–H groups in total. The molecule has 1 heterocycles. The average molecular weight is 558 g/mol. The maximum absolute atomic E-state index is 13.2. The molecule has 2 aromatic rings. The fraction of sp³-hybridized carbons (Fsp3) is 0.552. The lowest BCUT2D eigenvalue weighted by molar-refractivity contribution is -0.151. The number of hydrogen-bond acceptors (Lipinski definition) is 8. The smallest absolute Gasteiger partial charge is 0.354 e. The summed E-state index contributed by atoms with van der Waals surface area (Å²) in [5, 5.41) is 0. The largest absolute Gasteiger partial charge is 0.539 e. The second-order valence-corrected chi connectivity index (χ2v) is 16.2. The van der Waals surface area contributed by atoms with Gasteiger partial charge in [0.1, 0.15) is 23.2 Å². The molecule has 1 saturated heterocycles. The number of aryl methyl sites for hydroxylation is 1. The summed E-state index contributed by atoms with van der Waals surface area (Å²) in [6.07, 6.45) is 1.74. The summed E-state index contributed by atoms with van der Waals surface area (Å²) in [4.78, 5) is 13.2. The number of ether oxygens (including phenoxy) is 6. The second-order valence-electron chi connectivity index (χ2n) is 11.2. The lowest BCUT2D eigenvalue weighted by Gasteiger charge is -2.20. The van der Waals surface area contributed by atoms with E-state index in [0.29, 0.717) is 36.7 Å². The van der Waals surface area contributed by atoms with Crippen LogP contribution in [0.3, 0.4) is 0 Å². The van der Waals surface area contributed by atoms with E-state index in [-0.39, 0.29) is 19.0 Å². The van der Waals surface area contributed by atoms with Gasteiger partial charge in [0.25, 0.3) is 0 Å². The minimum Gasteiger partial charge on any atom is -0.539 e. The number of methoxy groups -OCH3 is 2. The first-order valence-electron chi connectivity index (χ1n) is 13.4. The van der Waals surface area contributed by atoms with Gasteiger partial charge in [-0.25, -0.2) is 4.79 Å². The Hall–Kier alpha value is -2.37. The highest BCUT2D eigenvalue weighted by Crippen LogP contribution is 2.34. The molecule has 2 atom stereocenters. The summed E-state index contributed by atoms with van der Waals surface area (Å²) in [5.74, 6) is -0.177. The van der Waals surface area contributed by atoms with Gasteiger partial charge in [0.05, 0.1) is 34.4 Å². The number of rotatable bonds is 15. The van der Waals surface area contributed by atoms with Crippen LogP contribution in [0.25, 0.3) is 0 Å². The van der Waals surface area contributed by atoms with Crippen molar-refractivity contribution in [2.45, 2.75) is 77.4 Å². The standard InChI is InChI=1S/C29H42BO8Si/c1-29(2)36-24(26(37-29)19-34-18-21-12-9-8-10-13-21)15-11-14-22-16-23(33-4)17-25(35-20-32-3)27(22)28(31)38-30-39(5,6)7/h8-10,12-13,16-17,24,26H,11,14-15,18-20H2,1-7H3/t24-,26?/m0/s1. The topological polar surface area (TPSA) is 81.7 Å². The lowest BCUT2D eigenvalue weighted by atomic mass is 9.98. The summed E-state index contributed by atoms with van der Waals surface area (Å²) in [6.45, 7) is 11.1. The van der Waals surface area contributed by atoms with Crippen molar-refractivity contribution in [1.29, 1.82) is 0 Å². The predicted molar refractivity (Wildman–Crippen MR) is 153 cm³/mol. The summed E-state index contributed by atoms with van der Waals surface area (Å²) in [7, 11) is 3.06. The van der Waals surface area contributed by atoms with Crippen molar-refractivity contribution in [3.05, 3.63) is 59.2 Å². The van der Waals surface area contributed by atoms with E-state index in [9.17, 15) is 4.79 Å². The summed E-state index contributed by atoms with van der Waals surface area (Å²) in [5.41, 5.74) is 2.28. The second kappa shape index (κ2) is 14.3. The lowest BCUT2D eigenvalue weighted by Crippen LogP contribution is -2.34.